The minimum Gasteiger partial charge on any atom is -0.495 e. The summed E-state index contributed by atoms with van der Waals surface area (Å²) in [5, 5.41) is 14.4. The highest BCUT2D eigenvalue weighted by atomic mass is 16.5. The van der Waals surface area contributed by atoms with E-state index in [0.717, 1.165) is 6.42 Å². The lowest BCUT2D eigenvalue weighted by Crippen LogP contribution is -2.31. The van der Waals surface area contributed by atoms with Crippen molar-refractivity contribution < 1.29 is 19.4 Å². The standard InChI is InChI=1S/C15H20N2O4/c1-15(2)7-10(15)8-16-14(20)17-11-6-9(13(18)19)4-5-12(11)21-3/h4-6,10H,7-8H2,1-3H3,(H,18,19)(H2,16,17,20). The van der Waals surface area contributed by atoms with E-state index in [1.54, 1.807) is 0 Å². The van der Waals surface area contributed by atoms with Gasteiger partial charge in [-0.3, -0.25) is 0 Å². The van der Waals surface area contributed by atoms with Crippen molar-refractivity contribution in [3.63, 3.8) is 0 Å². The number of ether oxygens (including phenoxy) is 1. The second-order valence-corrected chi connectivity index (χ2v) is 5.94. The van der Waals surface area contributed by atoms with E-state index in [-0.39, 0.29) is 11.6 Å². The first-order valence-corrected chi connectivity index (χ1v) is 6.79. The summed E-state index contributed by atoms with van der Waals surface area (Å²) in [5.74, 6) is -0.141. The van der Waals surface area contributed by atoms with Gasteiger partial charge in [-0.25, -0.2) is 9.59 Å². The Hall–Kier alpha value is -2.24. The summed E-state index contributed by atoms with van der Waals surface area (Å²) < 4.78 is 5.12. The highest BCUT2D eigenvalue weighted by Gasteiger charge is 2.45. The number of amides is 2. The molecule has 1 saturated carbocycles. The van der Waals surface area contributed by atoms with Crippen LogP contribution in [0.15, 0.2) is 18.2 Å². The monoisotopic (exact) mass is 292 g/mol. The van der Waals surface area contributed by atoms with Crippen LogP contribution < -0.4 is 15.4 Å². The molecule has 0 aromatic heterocycles. The Morgan fingerprint density at radius 1 is 1.43 bits per heavy atom. The maximum Gasteiger partial charge on any atom is 0.335 e. The number of hydrogen-bond acceptors (Lipinski definition) is 3. The van der Waals surface area contributed by atoms with Crippen LogP contribution in [-0.2, 0) is 0 Å². The van der Waals surface area contributed by atoms with Crippen LogP contribution in [0.5, 0.6) is 5.75 Å². The molecule has 2 amide bonds. The minimum atomic E-state index is -1.05. The summed E-state index contributed by atoms with van der Waals surface area (Å²) in [6, 6.07) is 3.96. The zero-order chi connectivity index (χ0) is 15.6. The number of carbonyl (C=O) groups is 2. The fourth-order valence-electron chi connectivity index (χ4n) is 2.25. The van der Waals surface area contributed by atoms with Crippen LogP contribution in [0.1, 0.15) is 30.6 Å². The number of carboxylic acids is 1. The summed E-state index contributed by atoms with van der Waals surface area (Å²) >= 11 is 0. The average Bonchev–Trinajstić information content (AvgIpc) is 3.04. The van der Waals surface area contributed by atoms with Gasteiger partial charge in [-0.1, -0.05) is 13.8 Å². The van der Waals surface area contributed by atoms with Crippen molar-refractivity contribution in [3.8, 4) is 5.75 Å². The molecule has 0 aliphatic heterocycles. The number of benzene rings is 1. The van der Waals surface area contributed by atoms with Crippen LogP contribution in [0, 0.1) is 11.3 Å². The Labute approximate surface area is 123 Å². The third kappa shape index (κ3) is 3.65. The van der Waals surface area contributed by atoms with Crippen molar-refractivity contribution in [1.29, 1.82) is 0 Å². The average molecular weight is 292 g/mol. The molecule has 3 N–H and O–H groups in total. The van der Waals surface area contributed by atoms with Crippen LogP contribution in [0.4, 0.5) is 10.5 Å². The molecule has 1 aliphatic carbocycles. The molecule has 6 heteroatoms. The van der Waals surface area contributed by atoms with E-state index < -0.39 is 5.97 Å². The second kappa shape index (κ2) is 5.63. The number of carboxylic acid groups (broad SMARTS) is 1. The van der Waals surface area contributed by atoms with E-state index in [2.05, 4.69) is 24.5 Å². The lowest BCUT2D eigenvalue weighted by atomic mass is 10.1. The van der Waals surface area contributed by atoms with Crippen molar-refractivity contribution in [2.45, 2.75) is 20.3 Å². The molecule has 1 aliphatic rings. The topological polar surface area (TPSA) is 87.7 Å². The lowest BCUT2D eigenvalue weighted by molar-refractivity contribution is 0.0697. The molecule has 2 rings (SSSR count). The van der Waals surface area contributed by atoms with Gasteiger partial charge in [0, 0.05) is 6.54 Å². The van der Waals surface area contributed by atoms with Gasteiger partial charge in [0.1, 0.15) is 5.75 Å². The van der Waals surface area contributed by atoms with Crippen molar-refractivity contribution in [1.82, 2.24) is 5.32 Å². The fraction of sp³-hybridized carbons (Fsp3) is 0.467. The molecule has 6 nitrogen and oxygen atoms in total. The Morgan fingerprint density at radius 2 is 2.10 bits per heavy atom. The molecule has 1 fully saturated rings. The zero-order valence-electron chi connectivity index (χ0n) is 12.4. The summed E-state index contributed by atoms with van der Waals surface area (Å²) in [5.41, 5.74) is 0.730. The van der Waals surface area contributed by atoms with Crippen molar-refractivity contribution in [2.24, 2.45) is 11.3 Å². The van der Waals surface area contributed by atoms with Crippen molar-refractivity contribution in [3.05, 3.63) is 23.8 Å². The first kappa shape index (κ1) is 15.2. The van der Waals surface area contributed by atoms with E-state index in [0.29, 0.717) is 29.3 Å². The number of methoxy groups -OCH3 is 1. The summed E-state index contributed by atoms with van der Waals surface area (Å²) in [6.07, 6.45) is 1.10. The number of rotatable bonds is 5. The Balaban J connectivity index is 1.98. The van der Waals surface area contributed by atoms with Gasteiger partial charge in [0.2, 0.25) is 0 Å². The predicted molar refractivity (Wildman–Crippen MR) is 78.9 cm³/mol. The Kier molecular flexibility index (Phi) is 4.06. The molecule has 0 radical (unpaired) electrons. The molecule has 0 heterocycles. The lowest BCUT2D eigenvalue weighted by Gasteiger charge is -2.12. The van der Waals surface area contributed by atoms with E-state index in [1.165, 1.54) is 25.3 Å². The van der Waals surface area contributed by atoms with Gasteiger partial charge in [0.05, 0.1) is 18.4 Å². The molecule has 1 aromatic rings. The number of nitrogens with one attached hydrogen (secondary N) is 2. The molecular weight excluding hydrogens is 272 g/mol. The highest BCUT2D eigenvalue weighted by molar-refractivity contribution is 5.94. The third-order valence-corrected chi connectivity index (χ3v) is 3.92. The Morgan fingerprint density at radius 3 is 2.62 bits per heavy atom. The number of carbonyl (C=O) groups excluding carboxylic acids is 1. The maximum absolute atomic E-state index is 11.9. The summed E-state index contributed by atoms with van der Waals surface area (Å²) in [7, 11) is 1.46. The van der Waals surface area contributed by atoms with Crippen LogP contribution in [0.25, 0.3) is 0 Å². The SMILES string of the molecule is COc1ccc(C(=O)O)cc1NC(=O)NCC1CC1(C)C. The van der Waals surface area contributed by atoms with Crippen molar-refractivity contribution in [2.75, 3.05) is 19.0 Å². The van der Waals surface area contributed by atoms with Gasteiger partial charge in [-0.05, 0) is 36.0 Å². The zero-order valence-corrected chi connectivity index (χ0v) is 12.4. The van der Waals surface area contributed by atoms with Gasteiger partial charge in [-0.15, -0.1) is 0 Å². The number of anilines is 1. The second-order valence-electron chi connectivity index (χ2n) is 5.94. The molecule has 1 unspecified atom stereocenters. The largest absolute Gasteiger partial charge is 0.495 e. The first-order valence-electron chi connectivity index (χ1n) is 6.79. The minimum absolute atomic E-state index is 0.0921. The van der Waals surface area contributed by atoms with Crippen LogP contribution in [-0.4, -0.2) is 30.8 Å². The molecule has 0 bridgehead atoms. The Bertz CT molecular complexity index is 569. The molecular formula is C15H20N2O4. The first-order chi connectivity index (χ1) is 9.83. The van der Waals surface area contributed by atoms with Gasteiger partial charge in [0.15, 0.2) is 0 Å². The van der Waals surface area contributed by atoms with Crippen LogP contribution in [0.3, 0.4) is 0 Å². The normalized spacial score (nSPS) is 18.7. The van der Waals surface area contributed by atoms with Crippen LogP contribution in [0.2, 0.25) is 0 Å². The van der Waals surface area contributed by atoms with E-state index in [1.807, 2.05) is 0 Å². The molecule has 21 heavy (non-hydrogen) atoms. The van der Waals surface area contributed by atoms with Gasteiger partial charge >= 0.3 is 12.0 Å². The van der Waals surface area contributed by atoms with Gasteiger partial charge in [-0.2, -0.15) is 0 Å². The van der Waals surface area contributed by atoms with Gasteiger partial charge in [0.25, 0.3) is 0 Å². The maximum atomic E-state index is 11.9. The van der Waals surface area contributed by atoms with Gasteiger partial charge < -0.3 is 20.5 Å². The highest BCUT2D eigenvalue weighted by Crippen LogP contribution is 2.50. The van der Waals surface area contributed by atoms with E-state index >= 15 is 0 Å². The molecule has 114 valence electrons. The van der Waals surface area contributed by atoms with E-state index in [4.69, 9.17) is 9.84 Å². The quantitative estimate of drug-likeness (QED) is 0.778. The summed E-state index contributed by atoms with van der Waals surface area (Å²) in [6.45, 7) is 4.94. The third-order valence-electron chi connectivity index (χ3n) is 3.92. The van der Waals surface area contributed by atoms with Crippen LogP contribution >= 0.6 is 0 Å². The number of urea groups is 1. The van der Waals surface area contributed by atoms with Crippen molar-refractivity contribution >= 4 is 17.7 Å². The summed E-state index contributed by atoms with van der Waals surface area (Å²) in [4.78, 5) is 22.8. The molecule has 0 spiro atoms. The predicted octanol–water partition coefficient (Wildman–Crippen LogP) is 2.56. The van der Waals surface area contributed by atoms with E-state index in [9.17, 15) is 9.59 Å². The fourth-order valence-corrected chi connectivity index (χ4v) is 2.25. The number of aromatic carboxylic acids is 1. The smallest absolute Gasteiger partial charge is 0.335 e. The number of hydrogen-bond donors (Lipinski definition) is 3. The molecule has 1 atom stereocenters. The molecule has 0 saturated heterocycles. The molecule has 1 aromatic carbocycles.